The number of hydrogen-bond donors (Lipinski definition) is 0. The number of nitrogens with zero attached hydrogens (tertiary/aromatic N) is 1. The highest BCUT2D eigenvalue weighted by atomic mass is 16.6. The van der Waals surface area contributed by atoms with Gasteiger partial charge in [0, 0.05) is 0 Å². The predicted molar refractivity (Wildman–Crippen MR) is 76.2 cm³/mol. The number of ether oxygens (including phenoxy) is 2. The monoisotopic (exact) mass is 287 g/mol. The Hall–Kier alpha value is -2.89. The number of carbonyl (C=O) groups is 1. The Morgan fingerprint density at radius 2 is 1.86 bits per heavy atom. The van der Waals surface area contributed by atoms with Crippen LogP contribution in [0.3, 0.4) is 0 Å². The standard InChI is InChI=1S/C15H13NO5/c1-10(17)12-5-3-4-6-14(12)21-11-7-8-15(20-2)13(9-11)16(18)19/h3-9H,1-2H3. The van der Waals surface area contributed by atoms with Crippen LogP contribution in [0.25, 0.3) is 0 Å². The van der Waals surface area contributed by atoms with Gasteiger partial charge < -0.3 is 9.47 Å². The lowest BCUT2D eigenvalue weighted by atomic mass is 10.1. The molecule has 0 N–H and O–H groups in total. The molecule has 108 valence electrons. The van der Waals surface area contributed by atoms with Crippen molar-refractivity contribution in [1.82, 2.24) is 0 Å². The summed E-state index contributed by atoms with van der Waals surface area (Å²) >= 11 is 0. The van der Waals surface area contributed by atoms with Gasteiger partial charge in [-0.25, -0.2) is 0 Å². The van der Waals surface area contributed by atoms with Crippen molar-refractivity contribution in [3.63, 3.8) is 0 Å². The van der Waals surface area contributed by atoms with E-state index in [1.54, 1.807) is 30.3 Å². The van der Waals surface area contributed by atoms with E-state index < -0.39 is 4.92 Å². The van der Waals surface area contributed by atoms with Crippen LogP contribution in [0.1, 0.15) is 17.3 Å². The first-order chi connectivity index (χ1) is 10.0. The molecule has 0 aliphatic carbocycles. The van der Waals surface area contributed by atoms with Crippen LogP contribution in [0.2, 0.25) is 0 Å². The maximum atomic E-state index is 11.5. The number of benzene rings is 2. The van der Waals surface area contributed by atoms with Crippen LogP contribution in [0.4, 0.5) is 5.69 Å². The van der Waals surface area contributed by atoms with Gasteiger partial charge in [0.25, 0.3) is 0 Å². The molecule has 6 nitrogen and oxygen atoms in total. The van der Waals surface area contributed by atoms with Crippen molar-refractivity contribution in [3.8, 4) is 17.2 Å². The Bertz CT molecular complexity index is 696. The van der Waals surface area contributed by atoms with E-state index in [0.29, 0.717) is 11.3 Å². The van der Waals surface area contributed by atoms with Gasteiger partial charge in [-0.1, -0.05) is 12.1 Å². The highest BCUT2D eigenvalue weighted by Gasteiger charge is 2.17. The van der Waals surface area contributed by atoms with E-state index in [1.165, 1.54) is 26.2 Å². The molecule has 0 saturated carbocycles. The van der Waals surface area contributed by atoms with Gasteiger partial charge in [0.05, 0.1) is 23.7 Å². The minimum absolute atomic E-state index is 0.145. The van der Waals surface area contributed by atoms with E-state index in [-0.39, 0.29) is 23.0 Å². The van der Waals surface area contributed by atoms with E-state index in [1.807, 2.05) is 0 Å². The maximum absolute atomic E-state index is 11.5. The molecule has 0 spiro atoms. The van der Waals surface area contributed by atoms with Gasteiger partial charge in [-0.05, 0) is 31.2 Å². The molecule has 21 heavy (non-hydrogen) atoms. The summed E-state index contributed by atoms with van der Waals surface area (Å²) in [4.78, 5) is 21.9. The largest absolute Gasteiger partial charge is 0.490 e. The van der Waals surface area contributed by atoms with Gasteiger partial charge in [-0.15, -0.1) is 0 Å². The van der Waals surface area contributed by atoms with Crippen LogP contribution in [-0.2, 0) is 0 Å². The lowest BCUT2D eigenvalue weighted by molar-refractivity contribution is -0.385. The quantitative estimate of drug-likeness (QED) is 0.477. The summed E-state index contributed by atoms with van der Waals surface area (Å²) in [6, 6.07) is 11.0. The van der Waals surface area contributed by atoms with Crippen molar-refractivity contribution in [2.75, 3.05) is 7.11 Å². The number of methoxy groups -OCH3 is 1. The molecule has 0 atom stereocenters. The number of nitro groups is 1. The lowest BCUT2D eigenvalue weighted by Gasteiger charge is -2.10. The first-order valence-electron chi connectivity index (χ1n) is 6.13. The van der Waals surface area contributed by atoms with E-state index >= 15 is 0 Å². The molecule has 0 radical (unpaired) electrons. The number of ketones is 1. The molecule has 0 aliphatic rings. The minimum atomic E-state index is -0.553. The second kappa shape index (κ2) is 6.04. The van der Waals surface area contributed by atoms with Gasteiger partial charge in [0.15, 0.2) is 11.5 Å². The first kappa shape index (κ1) is 14.5. The van der Waals surface area contributed by atoms with Crippen LogP contribution in [-0.4, -0.2) is 17.8 Å². The maximum Gasteiger partial charge on any atom is 0.314 e. The van der Waals surface area contributed by atoms with Crippen LogP contribution in [0.5, 0.6) is 17.2 Å². The van der Waals surface area contributed by atoms with Gasteiger partial charge in [0.1, 0.15) is 11.5 Å². The number of nitro benzene ring substituents is 1. The summed E-state index contributed by atoms with van der Waals surface area (Å²) < 4.78 is 10.5. The van der Waals surface area contributed by atoms with Crippen LogP contribution < -0.4 is 9.47 Å². The Morgan fingerprint density at radius 1 is 1.14 bits per heavy atom. The fraction of sp³-hybridized carbons (Fsp3) is 0.133. The summed E-state index contributed by atoms with van der Waals surface area (Å²) in [6.07, 6.45) is 0. The SMILES string of the molecule is COc1ccc(Oc2ccccc2C(C)=O)cc1[N+](=O)[O-]. The summed E-state index contributed by atoms with van der Waals surface area (Å²) in [5.41, 5.74) is 0.214. The molecule has 0 heterocycles. The van der Waals surface area contributed by atoms with Crippen LogP contribution in [0.15, 0.2) is 42.5 Å². The lowest BCUT2D eigenvalue weighted by Crippen LogP contribution is -1.98. The second-order valence-electron chi connectivity index (χ2n) is 4.25. The molecule has 2 aromatic carbocycles. The zero-order chi connectivity index (χ0) is 15.4. The van der Waals surface area contributed by atoms with Crippen molar-refractivity contribution in [2.24, 2.45) is 0 Å². The third kappa shape index (κ3) is 3.17. The number of para-hydroxylation sites is 1. The van der Waals surface area contributed by atoms with Crippen molar-refractivity contribution >= 4 is 11.5 Å². The summed E-state index contributed by atoms with van der Waals surface area (Å²) in [5.74, 6) is 0.612. The predicted octanol–water partition coefficient (Wildman–Crippen LogP) is 3.60. The van der Waals surface area contributed by atoms with Gasteiger partial charge in [-0.3, -0.25) is 14.9 Å². The normalized spacial score (nSPS) is 10.0. The summed E-state index contributed by atoms with van der Waals surface area (Å²) in [6.45, 7) is 1.43. The molecule has 0 unspecified atom stereocenters. The van der Waals surface area contributed by atoms with Gasteiger partial charge in [-0.2, -0.15) is 0 Å². The van der Waals surface area contributed by atoms with Crippen LogP contribution in [0, 0.1) is 10.1 Å². The average Bonchev–Trinajstić information content (AvgIpc) is 2.47. The minimum Gasteiger partial charge on any atom is -0.490 e. The van der Waals surface area contributed by atoms with Crippen molar-refractivity contribution < 1.29 is 19.2 Å². The Kier molecular flexibility index (Phi) is 4.18. The van der Waals surface area contributed by atoms with Gasteiger partial charge >= 0.3 is 5.69 Å². The van der Waals surface area contributed by atoms with E-state index in [0.717, 1.165) is 0 Å². The Morgan fingerprint density at radius 3 is 2.48 bits per heavy atom. The topological polar surface area (TPSA) is 78.7 Å². The fourth-order valence-electron chi connectivity index (χ4n) is 1.85. The molecule has 0 saturated heterocycles. The fourth-order valence-corrected chi connectivity index (χ4v) is 1.85. The molecular formula is C15H13NO5. The molecule has 0 aliphatic heterocycles. The smallest absolute Gasteiger partial charge is 0.314 e. The molecule has 0 bridgehead atoms. The second-order valence-corrected chi connectivity index (χ2v) is 4.25. The zero-order valence-corrected chi connectivity index (χ0v) is 11.5. The Labute approximate surface area is 121 Å². The summed E-state index contributed by atoms with van der Waals surface area (Å²) in [7, 11) is 1.36. The van der Waals surface area contributed by atoms with E-state index in [2.05, 4.69) is 0 Å². The molecule has 0 amide bonds. The number of carbonyl (C=O) groups excluding carboxylic acids is 1. The number of Topliss-reactive ketones (excluding diaryl/α,β-unsaturated/α-hetero) is 1. The highest BCUT2D eigenvalue weighted by molar-refractivity contribution is 5.96. The Balaban J connectivity index is 2.39. The zero-order valence-electron chi connectivity index (χ0n) is 11.5. The molecule has 0 fully saturated rings. The number of hydrogen-bond acceptors (Lipinski definition) is 5. The average molecular weight is 287 g/mol. The van der Waals surface area contributed by atoms with Gasteiger partial charge in [0.2, 0.25) is 0 Å². The van der Waals surface area contributed by atoms with E-state index in [9.17, 15) is 14.9 Å². The van der Waals surface area contributed by atoms with Crippen LogP contribution >= 0.6 is 0 Å². The summed E-state index contributed by atoms with van der Waals surface area (Å²) in [5, 5.41) is 11.0. The third-order valence-corrected chi connectivity index (χ3v) is 2.84. The third-order valence-electron chi connectivity index (χ3n) is 2.84. The first-order valence-corrected chi connectivity index (χ1v) is 6.13. The number of rotatable bonds is 5. The highest BCUT2D eigenvalue weighted by Crippen LogP contribution is 2.33. The van der Waals surface area contributed by atoms with Crippen molar-refractivity contribution in [2.45, 2.75) is 6.92 Å². The van der Waals surface area contributed by atoms with E-state index in [4.69, 9.17) is 9.47 Å². The molecule has 2 rings (SSSR count). The molecular weight excluding hydrogens is 274 g/mol. The molecule has 6 heteroatoms. The van der Waals surface area contributed by atoms with Crippen molar-refractivity contribution in [1.29, 1.82) is 0 Å². The van der Waals surface area contributed by atoms with Crippen molar-refractivity contribution in [3.05, 3.63) is 58.1 Å². The molecule has 2 aromatic rings. The molecule has 0 aromatic heterocycles.